The van der Waals surface area contributed by atoms with Gasteiger partial charge < -0.3 is 5.32 Å². The SMILES string of the molecule is c1cncc(CN(CC2CCCNC2)C2CC2)c1. The van der Waals surface area contributed by atoms with E-state index in [-0.39, 0.29) is 0 Å². The molecule has 0 bridgehead atoms. The van der Waals surface area contributed by atoms with Crippen molar-refractivity contribution in [1.29, 1.82) is 0 Å². The van der Waals surface area contributed by atoms with Gasteiger partial charge >= 0.3 is 0 Å². The third-order valence-corrected chi connectivity index (χ3v) is 4.06. The molecular formula is C15H23N3. The monoisotopic (exact) mass is 245 g/mol. The maximum atomic E-state index is 4.23. The van der Waals surface area contributed by atoms with Crippen LogP contribution >= 0.6 is 0 Å². The summed E-state index contributed by atoms with van der Waals surface area (Å²) in [5.74, 6) is 0.844. The molecule has 98 valence electrons. The lowest BCUT2D eigenvalue weighted by atomic mass is 9.99. The number of nitrogens with one attached hydrogen (secondary N) is 1. The number of rotatable bonds is 5. The fourth-order valence-electron chi connectivity index (χ4n) is 2.92. The Kier molecular flexibility index (Phi) is 3.91. The fraction of sp³-hybridized carbons (Fsp3) is 0.667. The molecule has 0 aromatic carbocycles. The Morgan fingerprint density at radius 1 is 1.33 bits per heavy atom. The smallest absolute Gasteiger partial charge is 0.0312 e. The van der Waals surface area contributed by atoms with Gasteiger partial charge in [-0.25, -0.2) is 0 Å². The molecular weight excluding hydrogens is 222 g/mol. The highest BCUT2D eigenvalue weighted by Gasteiger charge is 2.30. The third-order valence-electron chi connectivity index (χ3n) is 4.06. The number of nitrogens with zero attached hydrogens (tertiary/aromatic N) is 2. The Bertz CT molecular complexity index is 355. The van der Waals surface area contributed by atoms with E-state index in [2.05, 4.69) is 21.3 Å². The summed E-state index contributed by atoms with van der Waals surface area (Å²) in [4.78, 5) is 6.90. The fourth-order valence-corrected chi connectivity index (χ4v) is 2.92. The summed E-state index contributed by atoms with van der Waals surface area (Å²) in [6, 6.07) is 5.08. The summed E-state index contributed by atoms with van der Waals surface area (Å²) in [5.41, 5.74) is 1.35. The van der Waals surface area contributed by atoms with E-state index in [9.17, 15) is 0 Å². The Morgan fingerprint density at radius 3 is 2.94 bits per heavy atom. The van der Waals surface area contributed by atoms with E-state index in [0.717, 1.165) is 18.5 Å². The van der Waals surface area contributed by atoms with Gasteiger partial charge in [-0.05, 0) is 56.3 Å². The molecule has 0 radical (unpaired) electrons. The first kappa shape index (κ1) is 12.1. The molecule has 1 N–H and O–H groups in total. The zero-order chi connectivity index (χ0) is 12.2. The largest absolute Gasteiger partial charge is 0.316 e. The summed E-state index contributed by atoms with van der Waals surface area (Å²) in [5, 5.41) is 3.52. The van der Waals surface area contributed by atoms with Crippen molar-refractivity contribution >= 4 is 0 Å². The second-order valence-electron chi connectivity index (χ2n) is 5.73. The van der Waals surface area contributed by atoms with E-state index in [0.29, 0.717) is 0 Å². The molecule has 1 aliphatic heterocycles. The van der Waals surface area contributed by atoms with E-state index in [1.807, 2.05) is 18.5 Å². The van der Waals surface area contributed by atoms with Crippen molar-refractivity contribution in [3.05, 3.63) is 30.1 Å². The van der Waals surface area contributed by atoms with Crippen LogP contribution in [0.15, 0.2) is 24.5 Å². The topological polar surface area (TPSA) is 28.2 Å². The van der Waals surface area contributed by atoms with Crippen molar-refractivity contribution in [1.82, 2.24) is 15.2 Å². The van der Waals surface area contributed by atoms with Crippen LogP contribution in [-0.2, 0) is 6.54 Å². The summed E-state index contributed by atoms with van der Waals surface area (Å²) in [7, 11) is 0. The third kappa shape index (κ3) is 3.30. The van der Waals surface area contributed by atoms with Crippen molar-refractivity contribution in [2.24, 2.45) is 5.92 Å². The molecule has 1 aliphatic carbocycles. The molecule has 1 unspecified atom stereocenters. The Balaban J connectivity index is 1.58. The Hall–Kier alpha value is -0.930. The van der Waals surface area contributed by atoms with Gasteiger partial charge in [0.25, 0.3) is 0 Å². The van der Waals surface area contributed by atoms with Crippen molar-refractivity contribution in [2.45, 2.75) is 38.3 Å². The second kappa shape index (κ2) is 5.81. The van der Waals surface area contributed by atoms with E-state index in [4.69, 9.17) is 0 Å². The Morgan fingerprint density at radius 2 is 2.28 bits per heavy atom. The zero-order valence-electron chi connectivity index (χ0n) is 11.0. The summed E-state index contributed by atoms with van der Waals surface area (Å²) >= 11 is 0. The van der Waals surface area contributed by atoms with Crippen LogP contribution < -0.4 is 5.32 Å². The van der Waals surface area contributed by atoms with Gasteiger partial charge in [-0.3, -0.25) is 9.88 Å². The van der Waals surface area contributed by atoms with Crippen LogP contribution in [0.4, 0.5) is 0 Å². The lowest BCUT2D eigenvalue weighted by Crippen LogP contribution is -2.39. The minimum atomic E-state index is 0.840. The molecule has 0 spiro atoms. The lowest BCUT2D eigenvalue weighted by molar-refractivity contribution is 0.192. The molecule has 3 heteroatoms. The quantitative estimate of drug-likeness (QED) is 0.860. The van der Waals surface area contributed by atoms with E-state index in [1.54, 1.807) is 0 Å². The minimum absolute atomic E-state index is 0.840. The average Bonchev–Trinajstić information content (AvgIpc) is 3.25. The molecule has 1 saturated heterocycles. The van der Waals surface area contributed by atoms with Gasteiger partial charge in [-0.1, -0.05) is 6.07 Å². The first-order valence-electron chi connectivity index (χ1n) is 7.25. The molecule has 1 aromatic rings. The number of pyridine rings is 1. The molecule has 2 heterocycles. The van der Waals surface area contributed by atoms with Crippen LogP contribution in [0.3, 0.4) is 0 Å². The van der Waals surface area contributed by atoms with Gasteiger partial charge in [-0.15, -0.1) is 0 Å². The highest BCUT2D eigenvalue weighted by Crippen LogP contribution is 2.29. The molecule has 18 heavy (non-hydrogen) atoms. The molecule has 0 amide bonds. The average molecular weight is 245 g/mol. The van der Waals surface area contributed by atoms with Crippen LogP contribution in [0.5, 0.6) is 0 Å². The lowest BCUT2D eigenvalue weighted by Gasteiger charge is -2.30. The first-order chi connectivity index (χ1) is 8.92. The van der Waals surface area contributed by atoms with Crippen molar-refractivity contribution in [3.63, 3.8) is 0 Å². The maximum Gasteiger partial charge on any atom is 0.0312 e. The van der Waals surface area contributed by atoms with Gasteiger partial charge in [0.05, 0.1) is 0 Å². The predicted molar refractivity (Wildman–Crippen MR) is 73.3 cm³/mol. The van der Waals surface area contributed by atoms with Gasteiger partial charge in [0.2, 0.25) is 0 Å². The van der Waals surface area contributed by atoms with Crippen molar-refractivity contribution < 1.29 is 0 Å². The molecule has 2 aliphatic rings. The zero-order valence-corrected chi connectivity index (χ0v) is 11.0. The number of piperidine rings is 1. The van der Waals surface area contributed by atoms with Crippen LogP contribution in [0.2, 0.25) is 0 Å². The highest BCUT2D eigenvalue weighted by molar-refractivity contribution is 5.09. The highest BCUT2D eigenvalue weighted by atomic mass is 15.2. The molecule has 1 saturated carbocycles. The number of hydrogen-bond acceptors (Lipinski definition) is 3. The molecule has 3 nitrogen and oxygen atoms in total. The van der Waals surface area contributed by atoms with Crippen LogP contribution in [-0.4, -0.2) is 35.6 Å². The number of aromatic nitrogens is 1. The summed E-state index contributed by atoms with van der Waals surface area (Å²) in [6.07, 6.45) is 9.38. The molecule has 1 aromatic heterocycles. The molecule has 1 atom stereocenters. The van der Waals surface area contributed by atoms with Crippen LogP contribution in [0.1, 0.15) is 31.2 Å². The van der Waals surface area contributed by atoms with Crippen molar-refractivity contribution in [3.8, 4) is 0 Å². The van der Waals surface area contributed by atoms with Gasteiger partial charge in [0.15, 0.2) is 0 Å². The number of hydrogen-bond donors (Lipinski definition) is 1. The Labute approximate surface area is 110 Å². The van der Waals surface area contributed by atoms with Crippen molar-refractivity contribution in [2.75, 3.05) is 19.6 Å². The summed E-state index contributed by atoms with van der Waals surface area (Å²) < 4.78 is 0. The second-order valence-corrected chi connectivity index (χ2v) is 5.73. The van der Waals surface area contributed by atoms with Gasteiger partial charge in [0.1, 0.15) is 0 Å². The molecule has 3 rings (SSSR count). The van der Waals surface area contributed by atoms with Crippen LogP contribution in [0.25, 0.3) is 0 Å². The standard InChI is InChI=1S/C15H23N3/c1-3-13(9-16-7-1)11-18(15-5-6-15)12-14-4-2-8-17-10-14/h1,3,7,9,14-15,17H,2,4-6,8,10-12H2. The maximum absolute atomic E-state index is 4.23. The van der Waals surface area contributed by atoms with E-state index < -0.39 is 0 Å². The first-order valence-corrected chi connectivity index (χ1v) is 7.25. The minimum Gasteiger partial charge on any atom is -0.316 e. The molecule has 2 fully saturated rings. The van der Waals surface area contributed by atoms with Gasteiger partial charge in [-0.2, -0.15) is 0 Å². The van der Waals surface area contributed by atoms with E-state index in [1.165, 1.54) is 50.9 Å². The van der Waals surface area contributed by atoms with Gasteiger partial charge in [0, 0.05) is 31.5 Å². The predicted octanol–water partition coefficient (Wildman–Crippen LogP) is 2.05. The van der Waals surface area contributed by atoms with Crippen LogP contribution in [0, 0.1) is 5.92 Å². The van der Waals surface area contributed by atoms with E-state index >= 15 is 0 Å². The summed E-state index contributed by atoms with van der Waals surface area (Å²) in [6.45, 7) is 4.75. The normalized spacial score (nSPS) is 24.4.